The Bertz CT molecular complexity index is 756. The molecule has 126 valence electrons. The highest BCUT2D eigenvalue weighted by molar-refractivity contribution is 5.91. The SMILES string of the molecule is Cc1noc(C2CCCN(C(=O)Cc3ccccc3C(=O)O)C2)n1. The Labute approximate surface area is 139 Å². The number of carbonyl (C=O) groups is 2. The predicted octanol–water partition coefficient (Wildman–Crippen LogP) is 2.02. The molecule has 1 unspecified atom stereocenters. The van der Waals surface area contributed by atoms with E-state index in [1.54, 1.807) is 30.0 Å². The molecule has 1 atom stereocenters. The van der Waals surface area contributed by atoms with Crippen LogP contribution in [0.1, 0.15) is 46.4 Å². The second kappa shape index (κ2) is 6.82. The zero-order chi connectivity index (χ0) is 17.1. The summed E-state index contributed by atoms with van der Waals surface area (Å²) in [5.41, 5.74) is 0.706. The molecular weight excluding hydrogens is 310 g/mol. The van der Waals surface area contributed by atoms with Crippen LogP contribution in [0.3, 0.4) is 0 Å². The smallest absolute Gasteiger partial charge is 0.335 e. The van der Waals surface area contributed by atoms with Crippen LogP contribution in [-0.4, -0.2) is 45.1 Å². The average molecular weight is 329 g/mol. The van der Waals surface area contributed by atoms with E-state index in [2.05, 4.69) is 10.1 Å². The van der Waals surface area contributed by atoms with Crippen molar-refractivity contribution in [2.45, 2.75) is 32.1 Å². The molecule has 2 heterocycles. The molecule has 0 spiro atoms. The van der Waals surface area contributed by atoms with Crippen molar-refractivity contribution < 1.29 is 19.2 Å². The molecule has 1 aromatic heterocycles. The predicted molar refractivity (Wildman–Crippen MR) is 84.7 cm³/mol. The topological polar surface area (TPSA) is 96.5 Å². The molecule has 0 bridgehead atoms. The lowest BCUT2D eigenvalue weighted by molar-refractivity contribution is -0.131. The van der Waals surface area contributed by atoms with Crippen LogP contribution in [0.4, 0.5) is 0 Å². The third kappa shape index (κ3) is 3.45. The first kappa shape index (κ1) is 16.2. The van der Waals surface area contributed by atoms with Gasteiger partial charge in [0.1, 0.15) is 0 Å². The van der Waals surface area contributed by atoms with Crippen LogP contribution in [0.25, 0.3) is 0 Å². The van der Waals surface area contributed by atoms with Crippen molar-refractivity contribution in [2.75, 3.05) is 13.1 Å². The summed E-state index contributed by atoms with van der Waals surface area (Å²) in [6, 6.07) is 6.61. The number of piperidine rings is 1. The molecule has 1 N–H and O–H groups in total. The molecule has 3 rings (SSSR count). The van der Waals surface area contributed by atoms with Gasteiger partial charge in [-0.2, -0.15) is 4.98 Å². The van der Waals surface area contributed by atoms with Crippen molar-refractivity contribution >= 4 is 11.9 Å². The molecule has 7 nitrogen and oxygen atoms in total. The van der Waals surface area contributed by atoms with Gasteiger partial charge in [-0.05, 0) is 31.4 Å². The van der Waals surface area contributed by atoms with Gasteiger partial charge < -0.3 is 14.5 Å². The molecule has 0 radical (unpaired) electrons. The Kier molecular flexibility index (Phi) is 4.59. The fraction of sp³-hybridized carbons (Fsp3) is 0.412. The van der Waals surface area contributed by atoms with E-state index < -0.39 is 5.97 Å². The van der Waals surface area contributed by atoms with Crippen LogP contribution in [0.2, 0.25) is 0 Å². The van der Waals surface area contributed by atoms with Crippen molar-refractivity contribution in [3.05, 3.63) is 47.1 Å². The highest BCUT2D eigenvalue weighted by Crippen LogP contribution is 2.26. The standard InChI is InChI=1S/C17H19N3O4/c1-11-18-16(24-19-11)13-6-4-8-20(10-13)15(21)9-12-5-2-3-7-14(12)17(22)23/h2-3,5,7,13H,4,6,8-10H2,1H3,(H,22,23). The summed E-state index contributed by atoms with van der Waals surface area (Å²) in [4.78, 5) is 29.9. The zero-order valence-electron chi connectivity index (χ0n) is 13.4. The summed E-state index contributed by atoms with van der Waals surface area (Å²) in [6.45, 7) is 2.95. The van der Waals surface area contributed by atoms with Gasteiger partial charge >= 0.3 is 5.97 Å². The van der Waals surface area contributed by atoms with Crippen LogP contribution in [0.5, 0.6) is 0 Å². The van der Waals surface area contributed by atoms with E-state index in [1.807, 2.05) is 0 Å². The minimum atomic E-state index is -1.02. The van der Waals surface area contributed by atoms with Crippen LogP contribution < -0.4 is 0 Å². The molecule has 0 saturated carbocycles. The average Bonchev–Trinajstić information content (AvgIpc) is 3.02. The summed E-state index contributed by atoms with van der Waals surface area (Å²) in [7, 11) is 0. The Morgan fingerprint density at radius 3 is 2.88 bits per heavy atom. The summed E-state index contributed by atoms with van der Waals surface area (Å²) in [6.07, 6.45) is 1.84. The van der Waals surface area contributed by atoms with Crippen LogP contribution in [0.15, 0.2) is 28.8 Å². The van der Waals surface area contributed by atoms with Crippen LogP contribution in [0, 0.1) is 6.92 Å². The van der Waals surface area contributed by atoms with Gasteiger partial charge in [0.2, 0.25) is 11.8 Å². The maximum Gasteiger partial charge on any atom is 0.335 e. The number of likely N-dealkylation sites (tertiary alicyclic amines) is 1. The third-order valence-corrected chi connectivity index (χ3v) is 4.26. The molecule has 1 amide bonds. The lowest BCUT2D eigenvalue weighted by Crippen LogP contribution is -2.40. The number of aryl methyl sites for hydroxylation is 1. The first-order valence-electron chi connectivity index (χ1n) is 7.94. The third-order valence-electron chi connectivity index (χ3n) is 4.26. The van der Waals surface area contributed by atoms with Gasteiger partial charge in [0.05, 0.1) is 17.9 Å². The van der Waals surface area contributed by atoms with Crippen LogP contribution >= 0.6 is 0 Å². The first-order chi connectivity index (χ1) is 11.5. The Balaban J connectivity index is 1.70. The largest absolute Gasteiger partial charge is 0.478 e. The van der Waals surface area contributed by atoms with Gasteiger partial charge in [0.25, 0.3) is 0 Å². The quantitative estimate of drug-likeness (QED) is 0.922. The van der Waals surface area contributed by atoms with E-state index in [9.17, 15) is 14.7 Å². The number of aromatic nitrogens is 2. The van der Waals surface area contributed by atoms with Crippen molar-refractivity contribution in [3.63, 3.8) is 0 Å². The van der Waals surface area contributed by atoms with Gasteiger partial charge in [-0.3, -0.25) is 4.79 Å². The number of amides is 1. The number of carbonyl (C=O) groups excluding carboxylic acids is 1. The molecule has 1 aliphatic heterocycles. The summed E-state index contributed by atoms with van der Waals surface area (Å²) in [5, 5.41) is 13.0. The molecule has 24 heavy (non-hydrogen) atoms. The molecular formula is C17H19N3O4. The van der Waals surface area contributed by atoms with Crippen molar-refractivity contribution in [3.8, 4) is 0 Å². The van der Waals surface area contributed by atoms with Crippen molar-refractivity contribution in [2.24, 2.45) is 0 Å². The number of benzene rings is 1. The van der Waals surface area contributed by atoms with Crippen molar-refractivity contribution in [1.82, 2.24) is 15.0 Å². The highest BCUT2D eigenvalue weighted by atomic mass is 16.5. The molecule has 1 fully saturated rings. The van der Waals surface area contributed by atoms with E-state index in [-0.39, 0.29) is 23.8 Å². The minimum absolute atomic E-state index is 0.0404. The molecule has 0 aliphatic carbocycles. The van der Waals surface area contributed by atoms with E-state index in [0.717, 1.165) is 12.8 Å². The number of hydrogen-bond acceptors (Lipinski definition) is 5. The van der Waals surface area contributed by atoms with Gasteiger partial charge in [0.15, 0.2) is 5.82 Å². The maximum absolute atomic E-state index is 12.6. The zero-order valence-corrected chi connectivity index (χ0v) is 13.4. The van der Waals surface area contributed by atoms with Gasteiger partial charge in [-0.15, -0.1) is 0 Å². The molecule has 1 saturated heterocycles. The number of nitrogens with zero attached hydrogens (tertiary/aromatic N) is 3. The second-order valence-corrected chi connectivity index (χ2v) is 6.00. The number of rotatable bonds is 4. The number of carboxylic acids is 1. The van der Waals surface area contributed by atoms with Gasteiger partial charge in [0, 0.05) is 13.1 Å². The fourth-order valence-electron chi connectivity index (χ4n) is 3.04. The maximum atomic E-state index is 12.6. The summed E-state index contributed by atoms with van der Waals surface area (Å²) >= 11 is 0. The van der Waals surface area contributed by atoms with Crippen LogP contribution in [-0.2, 0) is 11.2 Å². The Morgan fingerprint density at radius 2 is 2.17 bits per heavy atom. The Hall–Kier alpha value is -2.70. The van der Waals surface area contributed by atoms with E-state index in [1.165, 1.54) is 6.07 Å². The number of aromatic carboxylic acids is 1. The lowest BCUT2D eigenvalue weighted by Gasteiger charge is -2.31. The number of hydrogen-bond donors (Lipinski definition) is 1. The molecule has 1 aromatic carbocycles. The molecule has 1 aliphatic rings. The van der Waals surface area contributed by atoms with Gasteiger partial charge in [-0.1, -0.05) is 23.4 Å². The van der Waals surface area contributed by atoms with E-state index in [4.69, 9.17) is 4.52 Å². The van der Waals surface area contributed by atoms with E-state index in [0.29, 0.717) is 30.4 Å². The highest BCUT2D eigenvalue weighted by Gasteiger charge is 2.28. The first-order valence-corrected chi connectivity index (χ1v) is 7.94. The lowest BCUT2D eigenvalue weighted by atomic mass is 9.96. The second-order valence-electron chi connectivity index (χ2n) is 6.00. The normalized spacial score (nSPS) is 17.7. The number of carboxylic acid groups (broad SMARTS) is 1. The molecule has 7 heteroatoms. The van der Waals surface area contributed by atoms with Crippen molar-refractivity contribution in [1.29, 1.82) is 0 Å². The fourth-order valence-corrected chi connectivity index (χ4v) is 3.04. The Morgan fingerprint density at radius 1 is 1.38 bits per heavy atom. The molecule has 2 aromatic rings. The van der Waals surface area contributed by atoms with E-state index >= 15 is 0 Å². The van der Waals surface area contributed by atoms with Gasteiger partial charge in [-0.25, -0.2) is 4.79 Å². The minimum Gasteiger partial charge on any atom is -0.478 e. The summed E-state index contributed by atoms with van der Waals surface area (Å²) in [5.74, 6) is 0.0966. The monoisotopic (exact) mass is 329 g/mol. The summed E-state index contributed by atoms with van der Waals surface area (Å²) < 4.78 is 5.22.